The summed E-state index contributed by atoms with van der Waals surface area (Å²) in [6.45, 7) is 3.84. The molecular formula is C22H25NO6. The van der Waals surface area contributed by atoms with Gasteiger partial charge >= 0.3 is 11.6 Å². The van der Waals surface area contributed by atoms with E-state index in [-0.39, 0.29) is 11.5 Å². The number of carbonyl (C=O) groups excluding carboxylic acids is 1. The number of carboxylic acids is 1. The predicted octanol–water partition coefficient (Wildman–Crippen LogP) is 2.82. The standard InChI is InChI=1S/C22H25NO6/c1-12-18(28-13(2)20(24)23-11-5-8-17(23)21(25)26)10-9-15-14-6-3-4-7-16(14)22(27)29-19(12)15/h9-10,13,17H,3-8,11H2,1-2H3,(H,25,26). The first-order chi connectivity index (χ1) is 13.9. The number of carbonyl (C=O) groups is 2. The van der Waals surface area contributed by atoms with Gasteiger partial charge in [-0.25, -0.2) is 9.59 Å². The van der Waals surface area contributed by atoms with Crippen LogP contribution < -0.4 is 10.4 Å². The number of likely N-dealkylation sites (tertiary alicyclic amines) is 1. The fraction of sp³-hybridized carbons (Fsp3) is 0.500. The van der Waals surface area contributed by atoms with E-state index in [2.05, 4.69) is 0 Å². The van der Waals surface area contributed by atoms with Crippen LogP contribution in [0, 0.1) is 6.92 Å². The molecule has 2 aliphatic rings. The molecule has 4 rings (SSSR count). The lowest BCUT2D eigenvalue weighted by Crippen LogP contribution is -2.46. The third-order valence-electron chi connectivity index (χ3n) is 6.06. The number of nitrogens with zero attached hydrogens (tertiary/aromatic N) is 1. The number of hydrogen-bond acceptors (Lipinski definition) is 5. The summed E-state index contributed by atoms with van der Waals surface area (Å²) in [5.41, 5.74) is 2.70. The van der Waals surface area contributed by atoms with Crippen LogP contribution in [-0.2, 0) is 22.4 Å². The Morgan fingerprint density at radius 1 is 1.21 bits per heavy atom. The summed E-state index contributed by atoms with van der Waals surface area (Å²) in [4.78, 5) is 37.9. The number of hydrogen-bond donors (Lipinski definition) is 1. The van der Waals surface area contributed by atoms with Crippen molar-refractivity contribution < 1.29 is 23.8 Å². The molecule has 1 saturated heterocycles. The molecule has 7 nitrogen and oxygen atoms in total. The number of benzene rings is 1. The summed E-state index contributed by atoms with van der Waals surface area (Å²) < 4.78 is 11.5. The molecule has 1 aromatic carbocycles. The van der Waals surface area contributed by atoms with Crippen molar-refractivity contribution in [2.45, 2.75) is 64.5 Å². The Hall–Kier alpha value is -2.83. The van der Waals surface area contributed by atoms with Crippen LogP contribution in [-0.4, -0.2) is 40.6 Å². The lowest BCUT2D eigenvalue weighted by atomic mass is 9.90. The van der Waals surface area contributed by atoms with Gasteiger partial charge in [0.2, 0.25) is 0 Å². The zero-order valence-electron chi connectivity index (χ0n) is 16.7. The van der Waals surface area contributed by atoms with Crippen molar-refractivity contribution in [2.75, 3.05) is 6.54 Å². The maximum Gasteiger partial charge on any atom is 0.339 e. The number of fused-ring (bicyclic) bond motifs is 3. The molecule has 0 saturated carbocycles. The molecule has 1 aromatic heterocycles. The molecule has 2 atom stereocenters. The maximum atomic E-state index is 12.7. The van der Waals surface area contributed by atoms with Crippen molar-refractivity contribution in [1.29, 1.82) is 0 Å². The van der Waals surface area contributed by atoms with Crippen molar-refractivity contribution in [2.24, 2.45) is 0 Å². The molecule has 0 bridgehead atoms. The maximum absolute atomic E-state index is 12.7. The molecule has 1 N–H and O–H groups in total. The van der Waals surface area contributed by atoms with Gasteiger partial charge in [0, 0.05) is 23.1 Å². The topological polar surface area (TPSA) is 97.0 Å². The molecule has 7 heteroatoms. The minimum absolute atomic E-state index is 0.294. The van der Waals surface area contributed by atoms with Crippen LogP contribution in [0.3, 0.4) is 0 Å². The normalized spacial score (nSPS) is 19.8. The van der Waals surface area contributed by atoms with Gasteiger partial charge in [-0.3, -0.25) is 4.79 Å². The SMILES string of the molecule is Cc1c(OC(C)C(=O)N2CCCC2C(=O)O)ccc2c3c(c(=O)oc12)CCCC3. The van der Waals surface area contributed by atoms with Crippen LogP contribution in [0.15, 0.2) is 21.3 Å². The number of aryl methyl sites for hydroxylation is 2. The third kappa shape index (κ3) is 3.39. The lowest BCUT2D eigenvalue weighted by molar-refractivity contribution is -0.150. The van der Waals surface area contributed by atoms with Crippen LogP contribution >= 0.6 is 0 Å². The van der Waals surface area contributed by atoms with Gasteiger partial charge in [-0.1, -0.05) is 0 Å². The molecule has 29 heavy (non-hydrogen) atoms. The quantitative estimate of drug-likeness (QED) is 0.794. The van der Waals surface area contributed by atoms with E-state index in [9.17, 15) is 19.5 Å². The highest BCUT2D eigenvalue weighted by molar-refractivity contribution is 5.88. The Bertz CT molecular complexity index is 1040. The molecule has 1 fully saturated rings. The molecule has 1 aliphatic heterocycles. The largest absolute Gasteiger partial charge is 0.480 e. The Balaban J connectivity index is 1.63. The Labute approximate surface area is 168 Å². The van der Waals surface area contributed by atoms with Crippen LogP contribution in [0.25, 0.3) is 11.0 Å². The lowest BCUT2D eigenvalue weighted by Gasteiger charge is -2.26. The summed E-state index contributed by atoms with van der Waals surface area (Å²) in [6, 6.07) is 2.89. The van der Waals surface area contributed by atoms with Crippen LogP contribution in [0.5, 0.6) is 5.75 Å². The van der Waals surface area contributed by atoms with E-state index in [0.717, 1.165) is 42.2 Å². The first-order valence-corrected chi connectivity index (χ1v) is 10.2. The Morgan fingerprint density at radius 3 is 2.66 bits per heavy atom. The Kier molecular flexibility index (Phi) is 5.06. The number of carboxylic acid groups (broad SMARTS) is 1. The Morgan fingerprint density at radius 2 is 1.93 bits per heavy atom. The highest BCUT2D eigenvalue weighted by atomic mass is 16.5. The molecule has 2 unspecified atom stereocenters. The van der Waals surface area contributed by atoms with Crippen molar-refractivity contribution in [3.63, 3.8) is 0 Å². The average Bonchev–Trinajstić information content (AvgIpc) is 3.20. The van der Waals surface area contributed by atoms with Gasteiger partial charge in [-0.05, 0) is 70.1 Å². The molecular weight excluding hydrogens is 374 g/mol. The van der Waals surface area contributed by atoms with Crippen molar-refractivity contribution >= 4 is 22.8 Å². The highest BCUT2D eigenvalue weighted by Crippen LogP contribution is 2.33. The smallest absolute Gasteiger partial charge is 0.339 e. The average molecular weight is 399 g/mol. The highest BCUT2D eigenvalue weighted by Gasteiger charge is 2.36. The zero-order chi connectivity index (χ0) is 20.7. The van der Waals surface area contributed by atoms with E-state index >= 15 is 0 Å². The summed E-state index contributed by atoms with van der Waals surface area (Å²) in [7, 11) is 0. The van der Waals surface area contributed by atoms with E-state index in [1.807, 2.05) is 13.0 Å². The van der Waals surface area contributed by atoms with Crippen LogP contribution in [0.2, 0.25) is 0 Å². The van der Waals surface area contributed by atoms with E-state index in [1.54, 1.807) is 13.0 Å². The number of aliphatic carboxylic acids is 1. The predicted molar refractivity (Wildman–Crippen MR) is 106 cm³/mol. The third-order valence-corrected chi connectivity index (χ3v) is 6.06. The van der Waals surface area contributed by atoms with E-state index in [0.29, 0.717) is 36.3 Å². The summed E-state index contributed by atoms with van der Waals surface area (Å²) in [5, 5.41) is 10.2. The van der Waals surface area contributed by atoms with Gasteiger partial charge in [-0.2, -0.15) is 0 Å². The minimum Gasteiger partial charge on any atom is -0.480 e. The van der Waals surface area contributed by atoms with E-state index in [4.69, 9.17) is 9.15 Å². The number of amides is 1. The van der Waals surface area contributed by atoms with Crippen LogP contribution in [0.1, 0.15) is 49.3 Å². The second kappa shape index (κ2) is 7.54. The minimum atomic E-state index is -0.989. The van der Waals surface area contributed by atoms with Crippen molar-refractivity contribution in [3.8, 4) is 5.75 Å². The van der Waals surface area contributed by atoms with Gasteiger partial charge in [0.05, 0.1) is 0 Å². The van der Waals surface area contributed by atoms with Gasteiger partial charge < -0.3 is 19.2 Å². The van der Waals surface area contributed by atoms with Crippen molar-refractivity contribution in [3.05, 3.63) is 39.2 Å². The molecule has 1 amide bonds. The van der Waals surface area contributed by atoms with E-state index < -0.39 is 18.1 Å². The molecule has 1 aliphatic carbocycles. The first kappa shape index (κ1) is 19.5. The van der Waals surface area contributed by atoms with Gasteiger partial charge in [0.1, 0.15) is 17.4 Å². The summed E-state index contributed by atoms with van der Waals surface area (Å²) >= 11 is 0. The first-order valence-electron chi connectivity index (χ1n) is 10.2. The zero-order valence-corrected chi connectivity index (χ0v) is 16.7. The molecule has 0 spiro atoms. The summed E-state index contributed by atoms with van der Waals surface area (Å²) in [6.07, 6.45) is 3.94. The monoisotopic (exact) mass is 399 g/mol. The van der Waals surface area contributed by atoms with Gasteiger partial charge in [0.15, 0.2) is 6.10 Å². The summed E-state index contributed by atoms with van der Waals surface area (Å²) in [5.74, 6) is -0.874. The second-order valence-electron chi connectivity index (χ2n) is 7.91. The fourth-order valence-corrected chi connectivity index (χ4v) is 4.51. The van der Waals surface area contributed by atoms with Gasteiger partial charge in [-0.15, -0.1) is 0 Å². The van der Waals surface area contributed by atoms with Gasteiger partial charge in [0.25, 0.3) is 5.91 Å². The molecule has 0 radical (unpaired) electrons. The number of rotatable bonds is 4. The molecule has 2 heterocycles. The van der Waals surface area contributed by atoms with Crippen LogP contribution in [0.4, 0.5) is 0 Å². The van der Waals surface area contributed by atoms with E-state index in [1.165, 1.54) is 4.90 Å². The fourth-order valence-electron chi connectivity index (χ4n) is 4.51. The van der Waals surface area contributed by atoms with Crippen molar-refractivity contribution in [1.82, 2.24) is 4.90 Å². The number of ether oxygens (including phenoxy) is 1. The molecule has 154 valence electrons. The molecule has 2 aromatic rings. The second-order valence-corrected chi connectivity index (χ2v) is 7.91.